The van der Waals surface area contributed by atoms with Gasteiger partial charge in [-0.1, -0.05) is 19.1 Å². The number of hydrogen-bond acceptors (Lipinski definition) is 6. The van der Waals surface area contributed by atoms with Crippen molar-refractivity contribution < 1.29 is 0 Å². The molecule has 0 radical (unpaired) electrons. The van der Waals surface area contributed by atoms with Crippen molar-refractivity contribution in [1.29, 1.82) is 0 Å². The van der Waals surface area contributed by atoms with Gasteiger partial charge in [-0.2, -0.15) is 10.1 Å². The zero-order chi connectivity index (χ0) is 15.4. The summed E-state index contributed by atoms with van der Waals surface area (Å²) in [6.45, 7) is 7.25. The quantitative estimate of drug-likeness (QED) is 0.901. The Morgan fingerprint density at radius 1 is 1.18 bits per heavy atom. The lowest BCUT2D eigenvalue weighted by Crippen LogP contribution is -2.46. The van der Waals surface area contributed by atoms with Crippen LogP contribution >= 0.6 is 15.9 Å². The van der Waals surface area contributed by atoms with Crippen LogP contribution in [0.25, 0.3) is 0 Å². The number of piperazine rings is 1. The van der Waals surface area contributed by atoms with Crippen molar-refractivity contribution in [3.63, 3.8) is 0 Å². The molecule has 0 aliphatic carbocycles. The Morgan fingerprint density at radius 2 is 1.95 bits per heavy atom. The van der Waals surface area contributed by atoms with E-state index in [1.807, 2.05) is 24.3 Å². The first-order valence-corrected chi connectivity index (χ1v) is 8.24. The number of likely N-dealkylation sites (N-methyl/N-ethyl adjacent to an activating group) is 1. The Bertz CT molecular complexity index is 627. The third kappa shape index (κ3) is 3.53. The summed E-state index contributed by atoms with van der Waals surface area (Å²) in [5, 5.41) is 11.5. The van der Waals surface area contributed by atoms with Gasteiger partial charge in [0.15, 0.2) is 5.82 Å². The van der Waals surface area contributed by atoms with E-state index in [2.05, 4.69) is 53.2 Å². The molecule has 0 saturated carbocycles. The molecule has 1 aliphatic heterocycles. The molecule has 1 aromatic heterocycles. The summed E-state index contributed by atoms with van der Waals surface area (Å²) in [5.74, 6) is 1.39. The molecule has 1 aliphatic rings. The highest BCUT2D eigenvalue weighted by Crippen LogP contribution is 2.24. The molecule has 116 valence electrons. The lowest BCUT2D eigenvalue weighted by molar-refractivity contribution is 0.269. The van der Waals surface area contributed by atoms with Crippen LogP contribution in [0.15, 0.2) is 34.9 Å². The number of halogens is 1. The van der Waals surface area contributed by atoms with Gasteiger partial charge in [-0.15, -0.1) is 5.10 Å². The maximum absolute atomic E-state index is 4.59. The second-order valence-electron chi connectivity index (χ2n) is 5.17. The lowest BCUT2D eigenvalue weighted by atomic mass is 10.3. The third-order valence-corrected chi connectivity index (χ3v) is 4.48. The minimum atomic E-state index is 0.688. The minimum absolute atomic E-state index is 0.688. The van der Waals surface area contributed by atoms with Gasteiger partial charge in [-0.3, -0.25) is 0 Å². The standard InChI is InChI=1S/C15H19BrN6/c1-2-21-7-9-22(10-8-21)15-19-14(11-17-20-15)18-13-6-4-3-5-12(13)16/h3-6,11H,2,7-10H2,1H3,(H,18,19,20). The molecule has 3 rings (SSSR count). The van der Waals surface area contributed by atoms with Crippen molar-refractivity contribution in [1.82, 2.24) is 20.1 Å². The Labute approximate surface area is 138 Å². The molecule has 2 heterocycles. The third-order valence-electron chi connectivity index (χ3n) is 3.79. The van der Waals surface area contributed by atoms with Crippen LogP contribution in [0.3, 0.4) is 0 Å². The molecule has 0 atom stereocenters. The van der Waals surface area contributed by atoms with Gasteiger partial charge < -0.3 is 15.1 Å². The first-order valence-electron chi connectivity index (χ1n) is 7.45. The van der Waals surface area contributed by atoms with Gasteiger partial charge >= 0.3 is 0 Å². The van der Waals surface area contributed by atoms with Crippen molar-refractivity contribution in [2.75, 3.05) is 42.9 Å². The van der Waals surface area contributed by atoms with Gasteiger partial charge in [0.25, 0.3) is 0 Å². The molecule has 0 spiro atoms. The number of rotatable bonds is 4. The van der Waals surface area contributed by atoms with Crippen molar-refractivity contribution in [2.45, 2.75) is 6.92 Å². The molecule has 1 saturated heterocycles. The average Bonchev–Trinajstić information content (AvgIpc) is 2.57. The largest absolute Gasteiger partial charge is 0.338 e. The molecule has 1 fully saturated rings. The fraction of sp³-hybridized carbons (Fsp3) is 0.400. The second-order valence-corrected chi connectivity index (χ2v) is 6.02. The molecular weight excluding hydrogens is 344 g/mol. The number of hydrogen-bond donors (Lipinski definition) is 1. The van der Waals surface area contributed by atoms with E-state index in [4.69, 9.17) is 0 Å². The Kier molecular flexibility index (Phi) is 4.84. The maximum atomic E-state index is 4.59. The Morgan fingerprint density at radius 3 is 2.68 bits per heavy atom. The summed E-state index contributed by atoms with van der Waals surface area (Å²) < 4.78 is 0.992. The van der Waals surface area contributed by atoms with Crippen LogP contribution in [0.2, 0.25) is 0 Å². The summed E-state index contributed by atoms with van der Waals surface area (Å²) in [4.78, 5) is 9.19. The molecule has 0 amide bonds. The van der Waals surface area contributed by atoms with Crippen LogP contribution in [0.1, 0.15) is 6.92 Å². The van der Waals surface area contributed by atoms with Crippen LogP contribution in [0, 0.1) is 0 Å². The lowest BCUT2D eigenvalue weighted by Gasteiger charge is -2.33. The van der Waals surface area contributed by atoms with Crippen molar-refractivity contribution >= 4 is 33.4 Å². The summed E-state index contributed by atoms with van der Waals surface area (Å²) in [5.41, 5.74) is 0.963. The molecule has 0 unspecified atom stereocenters. The van der Waals surface area contributed by atoms with E-state index >= 15 is 0 Å². The smallest absolute Gasteiger partial charge is 0.247 e. The monoisotopic (exact) mass is 362 g/mol. The fourth-order valence-corrected chi connectivity index (χ4v) is 2.84. The zero-order valence-electron chi connectivity index (χ0n) is 12.5. The van der Waals surface area contributed by atoms with Gasteiger partial charge in [0.2, 0.25) is 5.95 Å². The van der Waals surface area contributed by atoms with Gasteiger partial charge in [0.05, 0.1) is 11.9 Å². The SMILES string of the molecule is CCN1CCN(c2nncc(Nc3ccccc3Br)n2)CC1. The fourth-order valence-electron chi connectivity index (χ4n) is 2.45. The van der Waals surface area contributed by atoms with Crippen LogP contribution in [0.5, 0.6) is 0 Å². The number of benzene rings is 1. The van der Waals surface area contributed by atoms with E-state index in [1.165, 1.54) is 0 Å². The average molecular weight is 363 g/mol. The van der Waals surface area contributed by atoms with Gasteiger partial charge in [-0.25, -0.2) is 0 Å². The normalized spacial score (nSPS) is 15.8. The van der Waals surface area contributed by atoms with Crippen LogP contribution in [-0.4, -0.2) is 52.8 Å². The molecule has 6 nitrogen and oxygen atoms in total. The van der Waals surface area contributed by atoms with E-state index in [-0.39, 0.29) is 0 Å². The molecule has 1 aromatic carbocycles. The molecule has 7 heteroatoms. The summed E-state index contributed by atoms with van der Waals surface area (Å²) in [6.07, 6.45) is 1.64. The predicted octanol–water partition coefficient (Wildman–Crippen LogP) is 2.52. The highest BCUT2D eigenvalue weighted by Gasteiger charge is 2.18. The van der Waals surface area contributed by atoms with E-state index in [0.717, 1.165) is 42.9 Å². The van der Waals surface area contributed by atoms with Crippen LogP contribution < -0.4 is 10.2 Å². The highest BCUT2D eigenvalue weighted by molar-refractivity contribution is 9.10. The van der Waals surface area contributed by atoms with Gasteiger partial charge in [-0.05, 0) is 34.6 Å². The number of nitrogens with one attached hydrogen (secondary N) is 1. The second kappa shape index (κ2) is 7.02. The Hall–Kier alpha value is -1.73. The number of anilines is 3. The Balaban J connectivity index is 1.72. The first kappa shape index (κ1) is 15.2. The summed E-state index contributed by atoms with van der Waals surface area (Å²) in [7, 11) is 0. The van der Waals surface area contributed by atoms with Crippen molar-refractivity contribution in [3.8, 4) is 0 Å². The number of aromatic nitrogens is 3. The first-order chi connectivity index (χ1) is 10.8. The van der Waals surface area contributed by atoms with Gasteiger partial charge in [0.1, 0.15) is 0 Å². The molecule has 22 heavy (non-hydrogen) atoms. The number of para-hydroxylation sites is 1. The predicted molar refractivity (Wildman–Crippen MR) is 91.6 cm³/mol. The zero-order valence-corrected chi connectivity index (χ0v) is 14.1. The highest BCUT2D eigenvalue weighted by atomic mass is 79.9. The summed E-state index contributed by atoms with van der Waals surface area (Å²) >= 11 is 3.52. The molecule has 2 aromatic rings. The van der Waals surface area contributed by atoms with Crippen molar-refractivity contribution in [2.24, 2.45) is 0 Å². The number of nitrogens with zero attached hydrogens (tertiary/aromatic N) is 5. The van der Waals surface area contributed by atoms with E-state index in [0.29, 0.717) is 11.8 Å². The summed E-state index contributed by atoms with van der Waals surface area (Å²) in [6, 6.07) is 7.94. The topological polar surface area (TPSA) is 57.2 Å². The van der Waals surface area contributed by atoms with Crippen LogP contribution in [0.4, 0.5) is 17.5 Å². The molecular formula is C15H19BrN6. The van der Waals surface area contributed by atoms with E-state index in [9.17, 15) is 0 Å². The maximum Gasteiger partial charge on any atom is 0.247 e. The molecule has 0 bridgehead atoms. The van der Waals surface area contributed by atoms with Crippen molar-refractivity contribution in [3.05, 3.63) is 34.9 Å². The van der Waals surface area contributed by atoms with Gasteiger partial charge in [0, 0.05) is 30.7 Å². The van der Waals surface area contributed by atoms with E-state index < -0.39 is 0 Å². The molecule has 1 N–H and O–H groups in total. The minimum Gasteiger partial charge on any atom is -0.338 e. The van der Waals surface area contributed by atoms with E-state index in [1.54, 1.807) is 6.20 Å². The van der Waals surface area contributed by atoms with Crippen LogP contribution in [-0.2, 0) is 0 Å².